The summed E-state index contributed by atoms with van der Waals surface area (Å²) < 4.78 is 13.8. The zero-order valence-corrected chi connectivity index (χ0v) is 17.9. The lowest BCUT2D eigenvalue weighted by molar-refractivity contribution is 0.621. The number of thioether (sulfide) groups is 1. The van der Waals surface area contributed by atoms with Crippen molar-refractivity contribution in [2.75, 3.05) is 0 Å². The molecule has 5 rings (SSSR count). The number of fused-ring (bicyclic) bond motifs is 1. The van der Waals surface area contributed by atoms with E-state index in [1.165, 1.54) is 34.6 Å². The molecule has 3 heterocycles. The summed E-state index contributed by atoms with van der Waals surface area (Å²) in [5, 5.41) is 0. The van der Waals surface area contributed by atoms with Gasteiger partial charge in [-0.2, -0.15) is 0 Å². The molecule has 4 aromatic rings. The Balaban J connectivity index is 1.61. The van der Waals surface area contributed by atoms with Crippen LogP contribution in [0.2, 0.25) is 0 Å². The van der Waals surface area contributed by atoms with Crippen LogP contribution < -0.4 is 0 Å². The van der Waals surface area contributed by atoms with Crippen LogP contribution in [-0.2, 0) is 6.42 Å². The number of benzene rings is 2. The van der Waals surface area contributed by atoms with Crippen LogP contribution in [0.25, 0.3) is 33.6 Å². The molecule has 0 bridgehead atoms. The molecule has 0 aliphatic carbocycles. The number of hydrogen-bond acceptors (Lipinski definition) is 2. The van der Waals surface area contributed by atoms with Gasteiger partial charge >= 0.3 is 0 Å². The van der Waals surface area contributed by atoms with Crippen molar-refractivity contribution in [3.8, 4) is 33.6 Å². The Morgan fingerprint density at radius 1 is 0.900 bits per heavy atom. The van der Waals surface area contributed by atoms with Crippen LogP contribution >= 0.6 is 11.8 Å². The Labute approximate surface area is 180 Å². The maximum absolute atomic E-state index is 13.5. The minimum absolute atomic E-state index is 0.230. The Kier molecular flexibility index (Phi) is 4.75. The fourth-order valence-electron chi connectivity index (χ4n) is 4.04. The van der Waals surface area contributed by atoms with Crippen molar-refractivity contribution in [3.63, 3.8) is 0 Å². The number of halogens is 1. The normalized spacial score (nSPS) is 15.0. The van der Waals surface area contributed by atoms with Crippen LogP contribution in [0.1, 0.15) is 25.8 Å². The van der Waals surface area contributed by atoms with Crippen molar-refractivity contribution in [2.45, 2.75) is 36.3 Å². The molecule has 1 aliphatic heterocycles. The fourth-order valence-corrected chi connectivity index (χ4v) is 5.27. The molecular formula is C26H23FN2S. The molecule has 0 saturated carbocycles. The lowest BCUT2D eigenvalue weighted by Crippen LogP contribution is -2.20. The summed E-state index contributed by atoms with van der Waals surface area (Å²) >= 11 is 1.97. The van der Waals surface area contributed by atoms with Gasteiger partial charge in [-0.15, -0.1) is 11.8 Å². The second-order valence-electron chi connectivity index (χ2n) is 8.40. The molecule has 1 N–H and O–H groups in total. The Bertz CT molecular complexity index is 1190. The number of aromatic nitrogens is 2. The number of aromatic amines is 1. The van der Waals surface area contributed by atoms with Gasteiger partial charge in [0.05, 0.1) is 5.69 Å². The monoisotopic (exact) mass is 414 g/mol. The van der Waals surface area contributed by atoms with Crippen molar-refractivity contribution in [2.24, 2.45) is 0 Å². The standard InChI is InChI=1S/C26H23FN2S/c1-26(2)12-9-20-15-19(5-8-24(20)30-26)23-16-22(17-10-13-28-14-11-17)25(29-23)18-3-6-21(27)7-4-18/h3-8,10-11,13-16,29H,9,12H2,1-2H3. The molecule has 0 saturated heterocycles. The van der Waals surface area contributed by atoms with Crippen LogP contribution in [0.5, 0.6) is 0 Å². The zero-order valence-electron chi connectivity index (χ0n) is 17.1. The molecule has 4 heteroatoms. The molecule has 0 fully saturated rings. The predicted octanol–water partition coefficient (Wildman–Crippen LogP) is 7.37. The molecule has 0 unspecified atom stereocenters. The second kappa shape index (κ2) is 7.44. The van der Waals surface area contributed by atoms with Crippen molar-refractivity contribution in [1.29, 1.82) is 0 Å². The van der Waals surface area contributed by atoms with Gasteiger partial charge in [0.2, 0.25) is 0 Å². The molecule has 2 aromatic carbocycles. The molecule has 0 radical (unpaired) electrons. The Hall–Kier alpha value is -2.85. The van der Waals surface area contributed by atoms with E-state index in [1.54, 1.807) is 12.4 Å². The number of hydrogen-bond donors (Lipinski definition) is 1. The van der Waals surface area contributed by atoms with Crippen LogP contribution in [-0.4, -0.2) is 14.7 Å². The molecule has 1 aliphatic rings. The van der Waals surface area contributed by atoms with Gasteiger partial charge in [0, 0.05) is 33.3 Å². The molecular weight excluding hydrogens is 391 g/mol. The van der Waals surface area contributed by atoms with Crippen LogP contribution in [0.15, 0.2) is 78.0 Å². The fraction of sp³-hybridized carbons (Fsp3) is 0.192. The van der Waals surface area contributed by atoms with Crippen molar-refractivity contribution in [1.82, 2.24) is 9.97 Å². The predicted molar refractivity (Wildman–Crippen MR) is 123 cm³/mol. The van der Waals surface area contributed by atoms with Crippen molar-refractivity contribution < 1.29 is 4.39 Å². The number of nitrogens with zero attached hydrogens (tertiary/aromatic N) is 1. The van der Waals surface area contributed by atoms with E-state index in [2.05, 4.69) is 48.1 Å². The SMILES string of the molecule is CC1(C)CCc2cc(-c3cc(-c4ccncc4)c(-c4ccc(F)cc4)[nH]3)ccc2S1. The number of aryl methyl sites for hydroxylation is 1. The molecule has 2 nitrogen and oxygen atoms in total. The molecule has 0 amide bonds. The van der Waals surface area contributed by atoms with Crippen LogP contribution in [0.4, 0.5) is 4.39 Å². The maximum atomic E-state index is 13.5. The van der Waals surface area contributed by atoms with E-state index in [0.29, 0.717) is 4.75 Å². The summed E-state index contributed by atoms with van der Waals surface area (Å²) in [5.41, 5.74) is 7.79. The smallest absolute Gasteiger partial charge is 0.123 e. The van der Waals surface area contributed by atoms with Gasteiger partial charge in [-0.05, 0) is 89.7 Å². The van der Waals surface area contributed by atoms with E-state index in [1.807, 2.05) is 36.0 Å². The molecule has 0 atom stereocenters. The van der Waals surface area contributed by atoms with E-state index in [0.717, 1.165) is 34.5 Å². The molecule has 2 aromatic heterocycles. The lowest BCUT2D eigenvalue weighted by Gasteiger charge is -2.30. The van der Waals surface area contributed by atoms with E-state index in [-0.39, 0.29) is 5.82 Å². The number of pyridine rings is 1. The largest absolute Gasteiger partial charge is 0.354 e. The Morgan fingerprint density at radius 2 is 1.63 bits per heavy atom. The first kappa shape index (κ1) is 19.1. The Morgan fingerprint density at radius 3 is 2.40 bits per heavy atom. The number of rotatable bonds is 3. The van der Waals surface area contributed by atoms with E-state index in [4.69, 9.17) is 0 Å². The van der Waals surface area contributed by atoms with Gasteiger partial charge in [0.1, 0.15) is 5.82 Å². The molecule has 150 valence electrons. The molecule has 30 heavy (non-hydrogen) atoms. The van der Waals surface area contributed by atoms with E-state index < -0.39 is 0 Å². The average Bonchev–Trinajstić information content (AvgIpc) is 3.19. The van der Waals surface area contributed by atoms with Gasteiger partial charge in [-0.3, -0.25) is 4.98 Å². The third-order valence-electron chi connectivity index (χ3n) is 5.70. The highest BCUT2D eigenvalue weighted by Gasteiger charge is 2.26. The van der Waals surface area contributed by atoms with Crippen LogP contribution in [0.3, 0.4) is 0 Å². The summed E-state index contributed by atoms with van der Waals surface area (Å²) in [5.74, 6) is -0.230. The average molecular weight is 415 g/mol. The number of H-pyrrole nitrogens is 1. The second-order valence-corrected chi connectivity index (χ2v) is 10.1. The summed E-state index contributed by atoms with van der Waals surface area (Å²) in [6.45, 7) is 4.63. The zero-order chi connectivity index (χ0) is 20.7. The first-order valence-corrected chi connectivity index (χ1v) is 11.0. The van der Waals surface area contributed by atoms with Gasteiger partial charge in [0.25, 0.3) is 0 Å². The van der Waals surface area contributed by atoms with Gasteiger partial charge in [0.15, 0.2) is 0 Å². The first-order valence-electron chi connectivity index (χ1n) is 10.2. The van der Waals surface area contributed by atoms with Gasteiger partial charge in [-0.1, -0.05) is 19.9 Å². The van der Waals surface area contributed by atoms with E-state index in [9.17, 15) is 4.39 Å². The summed E-state index contributed by atoms with van der Waals surface area (Å²) in [4.78, 5) is 9.14. The summed E-state index contributed by atoms with van der Waals surface area (Å²) in [7, 11) is 0. The maximum Gasteiger partial charge on any atom is 0.123 e. The lowest BCUT2D eigenvalue weighted by atomic mass is 9.98. The van der Waals surface area contributed by atoms with Gasteiger partial charge in [-0.25, -0.2) is 4.39 Å². The van der Waals surface area contributed by atoms with Crippen molar-refractivity contribution >= 4 is 11.8 Å². The summed E-state index contributed by atoms with van der Waals surface area (Å²) in [6, 6.07) is 19.6. The molecule has 0 spiro atoms. The highest BCUT2D eigenvalue weighted by atomic mass is 32.2. The minimum atomic E-state index is -0.230. The topological polar surface area (TPSA) is 28.7 Å². The van der Waals surface area contributed by atoms with Gasteiger partial charge < -0.3 is 4.98 Å². The quantitative estimate of drug-likeness (QED) is 0.379. The third-order valence-corrected chi connectivity index (χ3v) is 7.07. The van der Waals surface area contributed by atoms with E-state index >= 15 is 0 Å². The van der Waals surface area contributed by atoms with Crippen LogP contribution in [0, 0.1) is 5.82 Å². The highest BCUT2D eigenvalue weighted by Crippen LogP contribution is 2.44. The van der Waals surface area contributed by atoms with Crippen molar-refractivity contribution in [3.05, 3.63) is 84.4 Å². The first-order chi connectivity index (χ1) is 14.5. The number of nitrogens with one attached hydrogen (secondary N) is 1. The highest BCUT2D eigenvalue weighted by molar-refractivity contribution is 8.00. The minimum Gasteiger partial charge on any atom is -0.354 e. The third kappa shape index (κ3) is 3.68. The summed E-state index contributed by atoms with van der Waals surface area (Å²) in [6.07, 6.45) is 5.89.